The molecular formula is C20H19N5O3S. The van der Waals surface area contributed by atoms with Gasteiger partial charge in [-0.05, 0) is 12.1 Å². The van der Waals surface area contributed by atoms with Crippen LogP contribution in [0.2, 0.25) is 0 Å². The molecule has 2 aromatic carbocycles. The molecule has 0 radical (unpaired) electrons. The first-order valence-electron chi connectivity index (χ1n) is 8.75. The topological polar surface area (TPSA) is 101 Å². The predicted molar refractivity (Wildman–Crippen MR) is 110 cm³/mol. The number of hydrogen-bond acceptors (Lipinski definition) is 8. The summed E-state index contributed by atoms with van der Waals surface area (Å²) < 4.78 is 17.5. The summed E-state index contributed by atoms with van der Waals surface area (Å²) in [5, 5.41) is 4.72. The lowest BCUT2D eigenvalue weighted by Crippen LogP contribution is -2.07. The van der Waals surface area contributed by atoms with Crippen molar-refractivity contribution in [2.24, 2.45) is 0 Å². The fourth-order valence-corrected chi connectivity index (χ4v) is 3.50. The molecule has 148 valence electrons. The van der Waals surface area contributed by atoms with Crippen LogP contribution in [0.3, 0.4) is 0 Å². The zero-order chi connectivity index (χ0) is 20.2. The van der Waals surface area contributed by atoms with Crippen LogP contribution in [0.25, 0.3) is 22.6 Å². The summed E-state index contributed by atoms with van der Waals surface area (Å²) in [6.07, 6.45) is 1.79. The van der Waals surface area contributed by atoms with Gasteiger partial charge in [0.2, 0.25) is 11.7 Å². The van der Waals surface area contributed by atoms with Gasteiger partial charge in [0, 0.05) is 11.6 Å². The van der Waals surface area contributed by atoms with Gasteiger partial charge in [-0.1, -0.05) is 47.3 Å². The maximum absolute atomic E-state index is 6.04. The van der Waals surface area contributed by atoms with Crippen molar-refractivity contribution in [2.75, 3.05) is 20.1 Å². The Labute approximate surface area is 171 Å². The summed E-state index contributed by atoms with van der Waals surface area (Å²) in [7, 11) is 3.18. The number of methoxy groups -OCH3 is 2. The van der Waals surface area contributed by atoms with E-state index in [0.717, 1.165) is 16.8 Å². The van der Waals surface area contributed by atoms with E-state index in [1.165, 1.54) is 16.4 Å². The first-order valence-corrected chi connectivity index (χ1v) is 9.74. The highest BCUT2D eigenvalue weighted by Gasteiger charge is 2.16. The number of hydrogen-bond donors (Lipinski definition) is 1. The van der Waals surface area contributed by atoms with Crippen LogP contribution in [0, 0.1) is 0 Å². The number of nitrogens with two attached hydrogens (primary N) is 1. The molecule has 0 unspecified atom stereocenters. The van der Waals surface area contributed by atoms with Crippen LogP contribution in [0.1, 0.15) is 5.89 Å². The van der Waals surface area contributed by atoms with Gasteiger partial charge in [-0.25, -0.2) is 9.66 Å². The van der Waals surface area contributed by atoms with E-state index in [4.69, 9.17) is 19.8 Å². The van der Waals surface area contributed by atoms with Crippen molar-refractivity contribution in [3.8, 4) is 34.1 Å². The Morgan fingerprint density at radius 2 is 1.90 bits per heavy atom. The smallest absolute Gasteiger partial charge is 0.237 e. The first-order chi connectivity index (χ1) is 14.2. The van der Waals surface area contributed by atoms with Gasteiger partial charge in [0.1, 0.15) is 11.5 Å². The van der Waals surface area contributed by atoms with Crippen molar-refractivity contribution in [3.05, 3.63) is 60.6 Å². The van der Waals surface area contributed by atoms with E-state index in [1.54, 1.807) is 26.5 Å². The van der Waals surface area contributed by atoms with E-state index in [2.05, 4.69) is 15.1 Å². The molecule has 0 bridgehead atoms. The summed E-state index contributed by atoms with van der Waals surface area (Å²) in [4.78, 5) is 9.04. The molecule has 4 rings (SSSR count). The lowest BCUT2D eigenvalue weighted by Gasteiger charge is -2.07. The van der Waals surface area contributed by atoms with Crippen LogP contribution in [-0.2, 0) is 5.75 Å². The van der Waals surface area contributed by atoms with Crippen LogP contribution in [-0.4, -0.2) is 34.0 Å². The van der Waals surface area contributed by atoms with Gasteiger partial charge in [0.05, 0.1) is 37.4 Å². The molecule has 0 fully saturated rings. The average Bonchev–Trinajstić information content (AvgIpc) is 3.39. The largest absolute Gasteiger partial charge is 0.497 e. The highest BCUT2D eigenvalue weighted by molar-refractivity contribution is 7.98. The average molecular weight is 409 g/mol. The third-order valence-electron chi connectivity index (χ3n) is 4.21. The minimum Gasteiger partial charge on any atom is -0.497 e. The van der Waals surface area contributed by atoms with E-state index < -0.39 is 0 Å². The first kappa shape index (κ1) is 18.9. The Bertz CT molecular complexity index is 1110. The molecule has 0 aliphatic heterocycles. The zero-order valence-electron chi connectivity index (χ0n) is 15.9. The van der Waals surface area contributed by atoms with Crippen LogP contribution in [0.15, 0.2) is 64.4 Å². The minimum atomic E-state index is 0.438. The zero-order valence-corrected chi connectivity index (χ0v) is 16.7. The molecule has 0 atom stereocenters. The predicted octanol–water partition coefficient (Wildman–Crippen LogP) is 3.62. The van der Waals surface area contributed by atoms with E-state index in [9.17, 15) is 0 Å². The summed E-state index contributed by atoms with van der Waals surface area (Å²) in [5.41, 5.74) is 2.54. The van der Waals surface area contributed by atoms with Gasteiger partial charge in [0.25, 0.3) is 0 Å². The van der Waals surface area contributed by atoms with Crippen LogP contribution < -0.4 is 15.3 Å². The second kappa shape index (κ2) is 8.27. The SMILES string of the molecule is COc1ccc(-c2noc(CSc3nc(-c4ccccc4)cn3N)n2)c(OC)c1. The Morgan fingerprint density at radius 3 is 2.66 bits per heavy atom. The third kappa shape index (κ3) is 4.04. The second-order valence-corrected chi connectivity index (χ2v) is 6.99. The summed E-state index contributed by atoms with van der Waals surface area (Å²) in [5.74, 6) is 8.69. The minimum absolute atomic E-state index is 0.438. The van der Waals surface area contributed by atoms with Crippen molar-refractivity contribution in [2.45, 2.75) is 10.9 Å². The molecule has 2 aromatic heterocycles. The second-order valence-electron chi connectivity index (χ2n) is 6.05. The number of aromatic nitrogens is 4. The van der Waals surface area contributed by atoms with Gasteiger partial charge in [-0.15, -0.1) is 0 Å². The molecule has 0 saturated heterocycles. The number of rotatable bonds is 7. The molecule has 2 N–H and O–H groups in total. The summed E-state index contributed by atoms with van der Waals surface area (Å²) in [6.45, 7) is 0. The van der Waals surface area contributed by atoms with Gasteiger partial charge in [-0.3, -0.25) is 0 Å². The summed E-state index contributed by atoms with van der Waals surface area (Å²) in [6, 6.07) is 15.3. The maximum atomic E-state index is 6.04. The lowest BCUT2D eigenvalue weighted by molar-refractivity contribution is 0.388. The Balaban J connectivity index is 1.49. The fraction of sp³-hybridized carbons (Fsp3) is 0.150. The lowest BCUT2D eigenvalue weighted by atomic mass is 10.2. The number of nitrogen functional groups attached to an aromatic ring is 1. The van der Waals surface area contributed by atoms with E-state index >= 15 is 0 Å². The molecule has 2 heterocycles. The molecule has 0 spiro atoms. The Hall–Kier alpha value is -3.46. The van der Waals surface area contributed by atoms with Gasteiger partial charge >= 0.3 is 0 Å². The fourth-order valence-electron chi connectivity index (χ4n) is 2.76. The number of thioether (sulfide) groups is 1. The Morgan fingerprint density at radius 1 is 1.07 bits per heavy atom. The number of imidazole rings is 1. The third-order valence-corrected chi connectivity index (χ3v) is 5.16. The molecule has 8 nitrogen and oxygen atoms in total. The van der Waals surface area contributed by atoms with Crippen molar-refractivity contribution in [1.29, 1.82) is 0 Å². The normalized spacial score (nSPS) is 10.8. The molecule has 0 aliphatic rings. The maximum Gasteiger partial charge on any atom is 0.237 e. The quantitative estimate of drug-likeness (QED) is 0.365. The van der Waals surface area contributed by atoms with Crippen molar-refractivity contribution in [1.82, 2.24) is 19.8 Å². The van der Waals surface area contributed by atoms with E-state index in [-0.39, 0.29) is 0 Å². The van der Waals surface area contributed by atoms with Crippen LogP contribution >= 0.6 is 11.8 Å². The van der Waals surface area contributed by atoms with Crippen molar-refractivity contribution in [3.63, 3.8) is 0 Å². The molecular weight excluding hydrogens is 390 g/mol. The summed E-state index contributed by atoms with van der Waals surface area (Å²) >= 11 is 1.42. The van der Waals surface area contributed by atoms with Gasteiger partial charge in [0.15, 0.2) is 5.16 Å². The van der Waals surface area contributed by atoms with Gasteiger partial charge in [-0.2, -0.15) is 4.98 Å². The van der Waals surface area contributed by atoms with E-state index in [1.807, 2.05) is 42.5 Å². The highest BCUT2D eigenvalue weighted by Crippen LogP contribution is 2.32. The number of benzene rings is 2. The van der Waals surface area contributed by atoms with Crippen molar-refractivity contribution >= 4 is 11.8 Å². The standard InChI is InChI=1S/C20H19N5O3S/c1-26-14-8-9-15(17(10-14)27-2)19-23-18(28-24-19)12-29-20-22-16(11-25(20)21)13-6-4-3-5-7-13/h3-11H,12,21H2,1-2H3. The molecule has 29 heavy (non-hydrogen) atoms. The number of ether oxygens (including phenoxy) is 2. The van der Waals surface area contributed by atoms with E-state index in [0.29, 0.717) is 34.1 Å². The molecule has 4 aromatic rings. The number of nitrogens with zero attached hydrogens (tertiary/aromatic N) is 4. The highest BCUT2D eigenvalue weighted by atomic mass is 32.2. The molecule has 9 heteroatoms. The monoisotopic (exact) mass is 409 g/mol. The molecule has 0 amide bonds. The van der Waals surface area contributed by atoms with Crippen LogP contribution in [0.5, 0.6) is 11.5 Å². The van der Waals surface area contributed by atoms with Gasteiger partial charge < -0.3 is 19.8 Å². The molecule has 0 aliphatic carbocycles. The van der Waals surface area contributed by atoms with Crippen molar-refractivity contribution < 1.29 is 14.0 Å². The molecule has 0 saturated carbocycles. The van der Waals surface area contributed by atoms with Crippen LogP contribution in [0.4, 0.5) is 0 Å². The Kier molecular flexibility index (Phi) is 5.39.